The zero-order valence-electron chi connectivity index (χ0n) is 11.6. The molecular weight excluding hydrogens is 248 g/mol. The third-order valence-electron chi connectivity index (χ3n) is 2.48. The highest BCUT2D eigenvalue weighted by molar-refractivity contribution is 6.76. The molecule has 18 heavy (non-hydrogen) atoms. The fraction of sp³-hybridized carbons (Fsp3) is 0.667. The summed E-state index contributed by atoms with van der Waals surface area (Å²) in [6, 6.07) is 1.11. The highest BCUT2D eigenvalue weighted by Gasteiger charge is 2.12. The molecule has 0 radical (unpaired) electrons. The topological polar surface area (TPSA) is 53.4 Å². The molecule has 102 valence electrons. The molecule has 1 heterocycles. The van der Waals surface area contributed by atoms with Gasteiger partial charge < -0.3 is 14.0 Å². The third kappa shape index (κ3) is 5.12. The minimum atomic E-state index is -1.06. The Morgan fingerprint density at radius 1 is 1.44 bits per heavy atom. The summed E-state index contributed by atoms with van der Waals surface area (Å²) < 4.78 is 12.3. The number of aromatic nitrogens is 2. The van der Waals surface area contributed by atoms with Crippen LogP contribution in [0.5, 0.6) is 0 Å². The van der Waals surface area contributed by atoms with Gasteiger partial charge in [-0.2, -0.15) is 0 Å². The second-order valence-corrected chi connectivity index (χ2v) is 11.1. The van der Waals surface area contributed by atoms with Gasteiger partial charge in [0, 0.05) is 28.0 Å². The average Bonchev–Trinajstić information content (AvgIpc) is 2.66. The van der Waals surface area contributed by atoms with Gasteiger partial charge in [0.25, 0.3) is 0 Å². The maximum absolute atomic E-state index is 10.9. The summed E-state index contributed by atoms with van der Waals surface area (Å²) in [6.45, 7) is 8.42. The van der Waals surface area contributed by atoms with Gasteiger partial charge in [-0.25, -0.2) is 4.98 Å². The number of carbonyl (C=O) groups excluding carboxylic acids is 1. The molecule has 0 unspecified atom stereocenters. The lowest BCUT2D eigenvalue weighted by atomic mass is 10.5. The van der Waals surface area contributed by atoms with Gasteiger partial charge in [-0.3, -0.25) is 4.79 Å². The summed E-state index contributed by atoms with van der Waals surface area (Å²) in [5.41, 5.74) is 0.744. The fourth-order valence-electron chi connectivity index (χ4n) is 1.44. The SMILES string of the molecule is COCc1cn(COCC[Si](C)(C)C)c(C=O)n1. The maximum Gasteiger partial charge on any atom is 0.185 e. The predicted octanol–water partition coefficient (Wildman–Crippen LogP) is 2.15. The van der Waals surface area contributed by atoms with Crippen LogP contribution in [-0.2, 0) is 22.8 Å². The quantitative estimate of drug-likeness (QED) is 0.412. The monoisotopic (exact) mass is 270 g/mol. The average molecular weight is 270 g/mol. The molecule has 0 saturated carbocycles. The Morgan fingerprint density at radius 2 is 2.17 bits per heavy atom. The molecular formula is C12H22N2O3Si. The predicted molar refractivity (Wildman–Crippen MR) is 72.4 cm³/mol. The molecule has 0 bridgehead atoms. The van der Waals surface area contributed by atoms with E-state index < -0.39 is 8.07 Å². The van der Waals surface area contributed by atoms with E-state index in [-0.39, 0.29) is 0 Å². The molecule has 0 aliphatic heterocycles. The smallest absolute Gasteiger partial charge is 0.185 e. The number of imidazole rings is 1. The molecule has 0 aliphatic rings. The van der Waals surface area contributed by atoms with E-state index in [4.69, 9.17) is 9.47 Å². The highest BCUT2D eigenvalue weighted by atomic mass is 28.3. The Hall–Kier alpha value is -0.983. The van der Waals surface area contributed by atoms with E-state index in [9.17, 15) is 4.79 Å². The van der Waals surface area contributed by atoms with E-state index >= 15 is 0 Å². The van der Waals surface area contributed by atoms with Crippen molar-refractivity contribution in [2.45, 2.75) is 39.0 Å². The summed E-state index contributed by atoms with van der Waals surface area (Å²) >= 11 is 0. The zero-order chi connectivity index (χ0) is 13.6. The van der Waals surface area contributed by atoms with E-state index in [0.717, 1.165) is 24.6 Å². The van der Waals surface area contributed by atoms with Gasteiger partial charge in [0.2, 0.25) is 0 Å². The standard InChI is InChI=1S/C12H22N2O3Si/c1-16-9-11-7-14(12(8-15)13-11)10-17-5-6-18(2,3)4/h7-8H,5-6,9-10H2,1-4H3. The highest BCUT2D eigenvalue weighted by Crippen LogP contribution is 2.09. The van der Waals surface area contributed by atoms with Gasteiger partial charge in [0.05, 0.1) is 12.3 Å². The number of ether oxygens (including phenoxy) is 2. The van der Waals surface area contributed by atoms with E-state index in [1.807, 2.05) is 0 Å². The molecule has 0 spiro atoms. The number of nitrogens with zero attached hydrogens (tertiary/aromatic N) is 2. The summed E-state index contributed by atoms with van der Waals surface area (Å²) in [4.78, 5) is 15.0. The van der Waals surface area contributed by atoms with Crippen LogP contribution in [0.25, 0.3) is 0 Å². The molecule has 0 aromatic carbocycles. The molecule has 0 amide bonds. The fourth-order valence-corrected chi connectivity index (χ4v) is 2.20. The van der Waals surface area contributed by atoms with Gasteiger partial charge in [-0.05, 0) is 6.04 Å². The number of aldehydes is 1. The van der Waals surface area contributed by atoms with Crippen molar-refractivity contribution in [3.8, 4) is 0 Å². The van der Waals surface area contributed by atoms with Crippen LogP contribution >= 0.6 is 0 Å². The molecule has 5 nitrogen and oxygen atoms in total. The Balaban J connectivity index is 2.48. The molecule has 1 aromatic heterocycles. The molecule has 1 rings (SSSR count). The summed E-state index contributed by atoms with van der Waals surface area (Å²) in [7, 11) is 0.537. The lowest BCUT2D eigenvalue weighted by Crippen LogP contribution is -2.22. The van der Waals surface area contributed by atoms with Crippen molar-refractivity contribution >= 4 is 14.4 Å². The van der Waals surface area contributed by atoms with Crippen LogP contribution in [-0.4, -0.2) is 37.6 Å². The number of hydrogen-bond donors (Lipinski definition) is 0. The molecule has 6 heteroatoms. The van der Waals surface area contributed by atoms with Gasteiger partial charge in [0.1, 0.15) is 6.73 Å². The van der Waals surface area contributed by atoms with Crippen molar-refractivity contribution in [1.29, 1.82) is 0 Å². The molecule has 0 fully saturated rings. The van der Waals surface area contributed by atoms with Gasteiger partial charge >= 0.3 is 0 Å². The van der Waals surface area contributed by atoms with E-state index in [2.05, 4.69) is 24.6 Å². The lowest BCUT2D eigenvalue weighted by Gasteiger charge is -2.15. The van der Waals surface area contributed by atoms with E-state index in [1.54, 1.807) is 17.9 Å². The Morgan fingerprint density at radius 3 is 2.72 bits per heavy atom. The molecule has 0 N–H and O–H groups in total. The summed E-state index contributed by atoms with van der Waals surface area (Å²) in [5, 5.41) is 0. The number of methoxy groups -OCH3 is 1. The van der Waals surface area contributed by atoms with Crippen LogP contribution in [0.4, 0.5) is 0 Å². The maximum atomic E-state index is 10.9. The Bertz CT molecular complexity index is 385. The Kier molecular flexibility index (Phi) is 5.71. The van der Waals surface area contributed by atoms with Crippen molar-refractivity contribution in [3.63, 3.8) is 0 Å². The molecule has 0 aliphatic carbocycles. The largest absolute Gasteiger partial charge is 0.378 e. The van der Waals surface area contributed by atoms with Crippen molar-refractivity contribution in [3.05, 3.63) is 17.7 Å². The minimum absolute atomic E-state index is 0.370. The first-order valence-corrected chi connectivity index (χ1v) is 9.75. The van der Waals surface area contributed by atoms with Gasteiger partial charge in [0.15, 0.2) is 12.1 Å². The molecule has 0 saturated heterocycles. The second kappa shape index (κ2) is 6.82. The summed E-state index contributed by atoms with van der Waals surface area (Å²) in [6.07, 6.45) is 2.53. The Labute approximate surface area is 109 Å². The van der Waals surface area contributed by atoms with Crippen molar-refractivity contribution in [1.82, 2.24) is 9.55 Å². The van der Waals surface area contributed by atoms with Gasteiger partial charge in [-0.15, -0.1) is 0 Å². The van der Waals surface area contributed by atoms with E-state index in [0.29, 0.717) is 19.2 Å². The number of rotatable bonds is 8. The first kappa shape index (κ1) is 15.1. The number of hydrogen-bond acceptors (Lipinski definition) is 4. The van der Waals surface area contributed by atoms with Crippen LogP contribution in [0.15, 0.2) is 6.20 Å². The van der Waals surface area contributed by atoms with E-state index in [1.165, 1.54) is 0 Å². The molecule has 1 aromatic rings. The third-order valence-corrected chi connectivity index (χ3v) is 4.19. The van der Waals surface area contributed by atoms with Crippen LogP contribution in [0.3, 0.4) is 0 Å². The normalized spacial score (nSPS) is 11.8. The minimum Gasteiger partial charge on any atom is -0.378 e. The van der Waals surface area contributed by atoms with Crippen LogP contribution in [0.2, 0.25) is 25.7 Å². The van der Waals surface area contributed by atoms with Gasteiger partial charge in [-0.1, -0.05) is 19.6 Å². The first-order valence-electron chi connectivity index (χ1n) is 6.04. The lowest BCUT2D eigenvalue weighted by molar-refractivity contribution is 0.0830. The second-order valence-electron chi connectivity index (χ2n) is 5.46. The van der Waals surface area contributed by atoms with Crippen LogP contribution in [0.1, 0.15) is 16.3 Å². The summed E-state index contributed by atoms with van der Waals surface area (Å²) in [5.74, 6) is 0.384. The van der Waals surface area contributed by atoms with Crippen molar-refractivity contribution < 1.29 is 14.3 Å². The van der Waals surface area contributed by atoms with Crippen LogP contribution < -0.4 is 0 Å². The zero-order valence-corrected chi connectivity index (χ0v) is 12.6. The van der Waals surface area contributed by atoms with Crippen LogP contribution in [0, 0.1) is 0 Å². The molecule has 0 atom stereocenters. The van der Waals surface area contributed by atoms with Crippen molar-refractivity contribution in [2.24, 2.45) is 0 Å². The number of carbonyl (C=O) groups is 1. The first-order chi connectivity index (χ1) is 8.46. The van der Waals surface area contributed by atoms with Crippen molar-refractivity contribution in [2.75, 3.05) is 13.7 Å².